The Morgan fingerprint density at radius 3 is 2.12 bits per heavy atom. The van der Waals surface area contributed by atoms with Crippen LogP contribution in [0.1, 0.15) is 21.5 Å². The van der Waals surface area contributed by atoms with E-state index in [0.29, 0.717) is 0 Å². The predicted octanol–water partition coefficient (Wildman–Crippen LogP) is 6.05. The van der Waals surface area contributed by atoms with Crippen LogP contribution in [0.15, 0.2) is 91.0 Å². The van der Waals surface area contributed by atoms with E-state index in [9.17, 15) is 4.79 Å². The number of carbonyl (C=O) groups excluding carboxylic acids is 1. The van der Waals surface area contributed by atoms with Gasteiger partial charge in [0.1, 0.15) is 0 Å². The van der Waals surface area contributed by atoms with E-state index < -0.39 is 0 Å². The van der Waals surface area contributed by atoms with Crippen LogP contribution in [-0.2, 0) is 0 Å². The van der Waals surface area contributed by atoms with Gasteiger partial charge < -0.3 is 0 Å². The molecule has 0 fully saturated rings. The van der Waals surface area contributed by atoms with Crippen LogP contribution in [0.5, 0.6) is 0 Å². The van der Waals surface area contributed by atoms with E-state index in [2.05, 4.69) is 42.5 Å². The van der Waals surface area contributed by atoms with E-state index in [1.165, 1.54) is 16.3 Å². The number of ketones is 1. The Bertz CT molecular complexity index is 1060. The third-order valence-electron chi connectivity index (χ3n) is 4.69. The van der Waals surface area contributed by atoms with Crippen LogP contribution in [0.2, 0.25) is 0 Å². The van der Waals surface area contributed by atoms with E-state index >= 15 is 0 Å². The van der Waals surface area contributed by atoms with Crippen LogP contribution in [0.4, 0.5) is 0 Å². The fourth-order valence-electron chi connectivity index (χ4n) is 3.38. The van der Waals surface area contributed by atoms with Crippen molar-refractivity contribution >= 4 is 16.6 Å². The van der Waals surface area contributed by atoms with Crippen molar-refractivity contribution in [2.75, 3.05) is 0 Å². The second-order valence-electron chi connectivity index (χ2n) is 6.20. The van der Waals surface area contributed by atoms with Crippen LogP contribution >= 0.6 is 0 Å². The third kappa shape index (κ3) is 2.74. The molecule has 0 aromatic heterocycles. The minimum Gasteiger partial charge on any atom is -0.289 e. The monoisotopic (exact) mass is 322 g/mol. The van der Waals surface area contributed by atoms with Crippen LogP contribution in [-0.4, -0.2) is 5.78 Å². The molecular formula is C24H18O. The van der Waals surface area contributed by atoms with Crippen molar-refractivity contribution < 1.29 is 4.79 Å². The average molecular weight is 322 g/mol. The molecule has 0 amide bonds. The highest BCUT2D eigenvalue weighted by molar-refractivity contribution is 6.11. The molecular weight excluding hydrogens is 304 g/mol. The first kappa shape index (κ1) is 15.3. The Morgan fingerprint density at radius 1 is 0.640 bits per heavy atom. The molecule has 0 heterocycles. The highest BCUT2D eigenvalue weighted by Gasteiger charge is 2.15. The number of benzene rings is 4. The quantitative estimate of drug-likeness (QED) is 0.420. The largest absolute Gasteiger partial charge is 0.289 e. The van der Waals surface area contributed by atoms with Crippen LogP contribution in [0.3, 0.4) is 0 Å². The minimum atomic E-state index is 0.0696. The Kier molecular flexibility index (Phi) is 3.91. The highest BCUT2D eigenvalue weighted by atomic mass is 16.1. The Hall–Kier alpha value is -3.19. The van der Waals surface area contributed by atoms with Gasteiger partial charge in [-0.3, -0.25) is 4.79 Å². The van der Waals surface area contributed by atoms with Crippen LogP contribution < -0.4 is 0 Å². The van der Waals surface area contributed by atoms with Gasteiger partial charge in [0.25, 0.3) is 0 Å². The zero-order valence-electron chi connectivity index (χ0n) is 14.1. The summed E-state index contributed by atoms with van der Waals surface area (Å²) in [5.41, 5.74) is 4.78. The van der Waals surface area contributed by atoms with Crippen molar-refractivity contribution in [2.45, 2.75) is 6.92 Å². The third-order valence-corrected chi connectivity index (χ3v) is 4.69. The van der Waals surface area contributed by atoms with E-state index in [0.717, 1.165) is 22.3 Å². The molecule has 0 atom stereocenters. The fraction of sp³-hybridized carbons (Fsp3) is 0.0417. The SMILES string of the molecule is Cc1c(C(=O)c2ccccc2)cccc1-c1cccc2ccccc12. The van der Waals surface area contributed by atoms with Crippen molar-refractivity contribution in [1.29, 1.82) is 0 Å². The first-order valence-corrected chi connectivity index (χ1v) is 8.43. The van der Waals surface area contributed by atoms with Crippen molar-refractivity contribution in [3.05, 3.63) is 108 Å². The fourth-order valence-corrected chi connectivity index (χ4v) is 3.38. The molecule has 120 valence electrons. The Balaban J connectivity index is 1.89. The maximum Gasteiger partial charge on any atom is 0.193 e. The average Bonchev–Trinajstić information content (AvgIpc) is 2.68. The lowest BCUT2D eigenvalue weighted by Gasteiger charge is -2.13. The summed E-state index contributed by atoms with van der Waals surface area (Å²) in [6, 6.07) is 30.1. The first-order valence-electron chi connectivity index (χ1n) is 8.43. The van der Waals surface area contributed by atoms with Gasteiger partial charge in [-0.05, 0) is 34.4 Å². The molecule has 0 aliphatic carbocycles. The zero-order valence-corrected chi connectivity index (χ0v) is 14.1. The molecule has 1 nitrogen and oxygen atoms in total. The lowest BCUT2D eigenvalue weighted by molar-refractivity contribution is 0.103. The molecule has 0 radical (unpaired) electrons. The zero-order chi connectivity index (χ0) is 17.2. The lowest BCUT2D eigenvalue weighted by Crippen LogP contribution is -2.04. The van der Waals surface area contributed by atoms with Gasteiger partial charge in [-0.25, -0.2) is 0 Å². The van der Waals surface area contributed by atoms with Crippen LogP contribution in [0, 0.1) is 6.92 Å². The molecule has 0 bridgehead atoms. The standard InChI is InChI=1S/C24H18O/c1-17-20(23-16-7-12-18-9-5-6-13-22(18)23)14-8-15-21(17)24(25)19-10-3-2-4-11-19/h2-16H,1H3. The molecule has 0 unspecified atom stereocenters. The minimum absolute atomic E-state index is 0.0696. The highest BCUT2D eigenvalue weighted by Crippen LogP contribution is 2.32. The van der Waals surface area contributed by atoms with E-state index in [-0.39, 0.29) is 5.78 Å². The van der Waals surface area contributed by atoms with Gasteiger partial charge in [-0.15, -0.1) is 0 Å². The van der Waals surface area contributed by atoms with Gasteiger partial charge >= 0.3 is 0 Å². The molecule has 1 heteroatoms. The molecule has 4 aromatic carbocycles. The predicted molar refractivity (Wildman–Crippen MR) is 104 cm³/mol. The lowest BCUT2D eigenvalue weighted by atomic mass is 9.90. The smallest absolute Gasteiger partial charge is 0.193 e. The summed E-state index contributed by atoms with van der Waals surface area (Å²) in [7, 11) is 0. The Morgan fingerprint density at radius 2 is 1.28 bits per heavy atom. The molecule has 0 aliphatic rings. The molecule has 4 rings (SSSR count). The molecule has 4 aromatic rings. The summed E-state index contributed by atoms with van der Waals surface area (Å²) in [5, 5.41) is 2.41. The number of fused-ring (bicyclic) bond motifs is 1. The molecule has 0 N–H and O–H groups in total. The Labute approximate surface area is 147 Å². The number of hydrogen-bond donors (Lipinski definition) is 0. The van der Waals surface area contributed by atoms with Crippen LogP contribution in [0.25, 0.3) is 21.9 Å². The number of carbonyl (C=O) groups is 1. The molecule has 25 heavy (non-hydrogen) atoms. The van der Waals surface area contributed by atoms with E-state index in [1.807, 2.05) is 55.5 Å². The summed E-state index contributed by atoms with van der Waals surface area (Å²) < 4.78 is 0. The van der Waals surface area contributed by atoms with E-state index in [4.69, 9.17) is 0 Å². The van der Waals surface area contributed by atoms with Gasteiger partial charge in [0.05, 0.1) is 0 Å². The summed E-state index contributed by atoms with van der Waals surface area (Å²) in [4.78, 5) is 12.9. The van der Waals surface area contributed by atoms with Gasteiger partial charge in [-0.2, -0.15) is 0 Å². The summed E-state index contributed by atoms with van der Waals surface area (Å²) in [6.45, 7) is 2.04. The maximum absolute atomic E-state index is 12.9. The summed E-state index contributed by atoms with van der Waals surface area (Å²) >= 11 is 0. The summed E-state index contributed by atoms with van der Waals surface area (Å²) in [6.07, 6.45) is 0. The number of rotatable bonds is 3. The normalized spacial score (nSPS) is 10.8. The molecule has 0 saturated heterocycles. The van der Waals surface area contributed by atoms with Gasteiger partial charge in [0.2, 0.25) is 0 Å². The van der Waals surface area contributed by atoms with Gasteiger partial charge in [-0.1, -0.05) is 91.0 Å². The molecule has 0 spiro atoms. The second kappa shape index (κ2) is 6.37. The van der Waals surface area contributed by atoms with Crippen molar-refractivity contribution in [3.63, 3.8) is 0 Å². The molecule has 0 aliphatic heterocycles. The van der Waals surface area contributed by atoms with Crippen molar-refractivity contribution in [3.8, 4) is 11.1 Å². The topological polar surface area (TPSA) is 17.1 Å². The van der Waals surface area contributed by atoms with Gasteiger partial charge in [0, 0.05) is 11.1 Å². The second-order valence-corrected chi connectivity index (χ2v) is 6.20. The maximum atomic E-state index is 12.9. The molecule has 0 saturated carbocycles. The van der Waals surface area contributed by atoms with E-state index in [1.54, 1.807) is 0 Å². The van der Waals surface area contributed by atoms with Gasteiger partial charge in [0.15, 0.2) is 5.78 Å². The van der Waals surface area contributed by atoms with Crippen molar-refractivity contribution in [1.82, 2.24) is 0 Å². The van der Waals surface area contributed by atoms with Crippen molar-refractivity contribution in [2.24, 2.45) is 0 Å². The first-order chi connectivity index (χ1) is 12.3. The summed E-state index contributed by atoms with van der Waals surface area (Å²) in [5.74, 6) is 0.0696. The number of hydrogen-bond acceptors (Lipinski definition) is 1.